The van der Waals surface area contributed by atoms with Crippen LogP contribution in [0.3, 0.4) is 0 Å². The van der Waals surface area contributed by atoms with E-state index in [4.69, 9.17) is 5.73 Å². The Morgan fingerprint density at radius 1 is 1.38 bits per heavy atom. The molecule has 2 rings (SSSR count). The predicted octanol–water partition coefficient (Wildman–Crippen LogP) is 3.07. The molecule has 1 aliphatic heterocycles. The minimum absolute atomic E-state index is 0.808. The number of nitrogen functional groups attached to an aromatic ring is 1. The van der Waals surface area contributed by atoms with Gasteiger partial charge in [0, 0.05) is 30.0 Å². The zero-order chi connectivity index (χ0) is 11.5. The van der Waals surface area contributed by atoms with E-state index in [9.17, 15) is 0 Å². The smallest absolute Gasteiger partial charge is 0.0420 e. The molecule has 1 aromatic carbocycles. The number of hydrogen-bond donors (Lipinski definition) is 1. The van der Waals surface area contributed by atoms with Gasteiger partial charge < -0.3 is 10.6 Å². The van der Waals surface area contributed by atoms with Crippen molar-refractivity contribution in [2.24, 2.45) is 5.92 Å². The average molecular weight is 218 g/mol. The molecule has 0 aliphatic carbocycles. The molecule has 0 spiro atoms. The van der Waals surface area contributed by atoms with Crippen molar-refractivity contribution in [1.82, 2.24) is 0 Å². The third-order valence-corrected chi connectivity index (χ3v) is 3.37. The third-order valence-electron chi connectivity index (χ3n) is 3.37. The maximum atomic E-state index is 5.98. The molecule has 2 nitrogen and oxygen atoms in total. The average Bonchev–Trinajstić information content (AvgIpc) is 2.63. The van der Waals surface area contributed by atoms with Gasteiger partial charge in [-0.05, 0) is 37.3 Å². The second-order valence-corrected chi connectivity index (χ2v) is 5.12. The van der Waals surface area contributed by atoms with Gasteiger partial charge in [0.1, 0.15) is 0 Å². The fraction of sp³-hybridized carbons (Fsp3) is 0.571. The van der Waals surface area contributed by atoms with Crippen LogP contribution in [0.25, 0.3) is 0 Å². The molecule has 88 valence electrons. The Morgan fingerprint density at radius 2 is 2.19 bits per heavy atom. The normalized spacial score (nSPS) is 14.6. The summed E-state index contributed by atoms with van der Waals surface area (Å²) < 4.78 is 0. The highest BCUT2D eigenvalue weighted by atomic mass is 15.1. The molecule has 0 bridgehead atoms. The lowest BCUT2D eigenvalue weighted by Gasteiger charge is -2.20. The standard InChI is InChI=1S/C14H22N2/c1-11(2)5-4-9-16-10-8-12-13(15)6-3-7-14(12)16/h3,6-7,11H,4-5,8-10,15H2,1-2H3. The fourth-order valence-corrected chi connectivity index (χ4v) is 2.45. The number of nitrogens with two attached hydrogens (primary N) is 1. The molecule has 1 heterocycles. The van der Waals surface area contributed by atoms with Crippen molar-refractivity contribution in [2.75, 3.05) is 23.7 Å². The lowest BCUT2D eigenvalue weighted by molar-refractivity contribution is 0.552. The monoisotopic (exact) mass is 218 g/mol. The first-order chi connectivity index (χ1) is 7.68. The van der Waals surface area contributed by atoms with Gasteiger partial charge in [-0.3, -0.25) is 0 Å². The van der Waals surface area contributed by atoms with Gasteiger partial charge in [-0.2, -0.15) is 0 Å². The summed E-state index contributed by atoms with van der Waals surface area (Å²) in [5, 5.41) is 0. The van der Waals surface area contributed by atoms with Crippen LogP contribution in [-0.4, -0.2) is 13.1 Å². The summed E-state index contributed by atoms with van der Waals surface area (Å²) in [5.41, 5.74) is 9.66. The second kappa shape index (κ2) is 4.77. The van der Waals surface area contributed by atoms with Crippen LogP contribution in [0, 0.1) is 5.92 Å². The number of rotatable bonds is 4. The summed E-state index contributed by atoms with van der Waals surface area (Å²) in [6.45, 7) is 6.89. The van der Waals surface area contributed by atoms with E-state index < -0.39 is 0 Å². The lowest BCUT2D eigenvalue weighted by atomic mass is 10.1. The van der Waals surface area contributed by atoms with Crippen molar-refractivity contribution in [3.8, 4) is 0 Å². The quantitative estimate of drug-likeness (QED) is 0.787. The van der Waals surface area contributed by atoms with Crippen molar-refractivity contribution < 1.29 is 0 Å². The Morgan fingerprint density at radius 3 is 2.94 bits per heavy atom. The van der Waals surface area contributed by atoms with E-state index in [1.165, 1.54) is 30.6 Å². The van der Waals surface area contributed by atoms with Gasteiger partial charge in [0.25, 0.3) is 0 Å². The molecule has 2 N–H and O–H groups in total. The van der Waals surface area contributed by atoms with E-state index in [-0.39, 0.29) is 0 Å². The summed E-state index contributed by atoms with van der Waals surface area (Å²) in [6.07, 6.45) is 3.71. The zero-order valence-electron chi connectivity index (χ0n) is 10.4. The lowest BCUT2D eigenvalue weighted by Crippen LogP contribution is -2.21. The minimum Gasteiger partial charge on any atom is -0.398 e. The number of nitrogens with zero attached hydrogens (tertiary/aromatic N) is 1. The molecule has 0 amide bonds. The summed E-state index contributed by atoms with van der Waals surface area (Å²) >= 11 is 0. The highest BCUT2D eigenvalue weighted by molar-refractivity contribution is 5.68. The number of hydrogen-bond acceptors (Lipinski definition) is 2. The molecule has 0 saturated heterocycles. The fourth-order valence-electron chi connectivity index (χ4n) is 2.45. The SMILES string of the molecule is CC(C)CCCN1CCc2c(N)cccc21. The Labute approximate surface area is 98.4 Å². The van der Waals surface area contributed by atoms with Crippen LogP contribution >= 0.6 is 0 Å². The van der Waals surface area contributed by atoms with Crippen molar-refractivity contribution in [1.29, 1.82) is 0 Å². The van der Waals surface area contributed by atoms with E-state index in [0.717, 1.165) is 24.6 Å². The zero-order valence-corrected chi connectivity index (χ0v) is 10.4. The molecule has 1 aliphatic rings. The summed E-state index contributed by atoms with van der Waals surface area (Å²) in [4.78, 5) is 2.48. The highest BCUT2D eigenvalue weighted by Gasteiger charge is 2.19. The Bertz CT molecular complexity index is 358. The van der Waals surface area contributed by atoms with E-state index >= 15 is 0 Å². The molecular weight excluding hydrogens is 196 g/mol. The van der Waals surface area contributed by atoms with Crippen LogP contribution < -0.4 is 10.6 Å². The van der Waals surface area contributed by atoms with Crippen LogP contribution in [0.2, 0.25) is 0 Å². The van der Waals surface area contributed by atoms with Crippen molar-refractivity contribution in [3.05, 3.63) is 23.8 Å². The van der Waals surface area contributed by atoms with Gasteiger partial charge in [-0.15, -0.1) is 0 Å². The van der Waals surface area contributed by atoms with Gasteiger partial charge in [-0.1, -0.05) is 19.9 Å². The maximum Gasteiger partial charge on any atom is 0.0420 e. The Kier molecular flexibility index (Phi) is 3.37. The maximum absolute atomic E-state index is 5.98. The molecule has 0 saturated carbocycles. The molecule has 1 aromatic rings. The van der Waals surface area contributed by atoms with Crippen LogP contribution in [0.15, 0.2) is 18.2 Å². The van der Waals surface area contributed by atoms with Crippen molar-refractivity contribution >= 4 is 11.4 Å². The molecule has 2 heteroatoms. The van der Waals surface area contributed by atoms with Crippen LogP contribution in [-0.2, 0) is 6.42 Å². The van der Waals surface area contributed by atoms with E-state index in [1.54, 1.807) is 0 Å². The van der Waals surface area contributed by atoms with Gasteiger partial charge in [0.15, 0.2) is 0 Å². The number of anilines is 2. The van der Waals surface area contributed by atoms with E-state index in [0.29, 0.717) is 0 Å². The van der Waals surface area contributed by atoms with E-state index in [1.807, 2.05) is 6.07 Å². The summed E-state index contributed by atoms with van der Waals surface area (Å²) in [6, 6.07) is 6.28. The molecule has 16 heavy (non-hydrogen) atoms. The van der Waals surface area contributed by atoms with Crippen LogP contribution in [0.1, 0.15) is 32.3 Å². The topological polar surface area (TPSA) is 29.3 Å². The van der Waals surface area contributed by atoms with Gasteiger partial charge in [0.2, 0.25) is 0 Å². The van der Waals surface area contributed by atoms with Crippen LogP contribution in [0.5, 0.6) is 0 Å². The Balaban J connectivity index is 1.98. The number of benzene rings is 1. The molecule has 0 radical (unpaired) electrons. The second-order valence-electron chi connectivity index (χ2n) is 5.12. The van der Waals surface area contributed by atoms with E-state index in [2.05, 4.69) is 30.9 Å². The molecular formula is C14H22N2. The first-order valence-corrected chi connectivity index (χ1v) is 6.31. The van der Waals surface area contributed by atoms with Crippen molar-refractivity contribution in [3.63, 3.8) is 0 Å². The molecule has 0 unspecified atom stereocenters. The summed E-state index contributed by atoms with van der Waals surface area (Å²) in [5.74, 6) is 0.808. The third kappa shape index (κ3) is 2.31. The first-order valence-electron chi connectivity index (χ1n) is 6.31. The van der Waals surface area contributed by atoms with Gasteiger partial charge in [0.05, 0.1) is 0 Å². The predicted molar refractivity (Wildman–Crippen MR) is 70.8 cm³/mol. The Hall–Kier alpha value is -1.18. The molecule has 0 fully saturated rings. The molecule has 0 aromatic heterocycles. The highest BCUT2D eigenvalue weighted by Crippen LogP contribution is 2.32. The van der Waals surface area contributed by atoms with Crippen molar-refractivity contribution in [2.45, 2.75) is 33.1 Å². The van der Waals surface area contributed by atoms with Gasteiger partial charge >= 0.3 is 0 Å². The first kappa shape index (κ1) is 11.3. The number of fused-ring (bicyclic) bond motifs is 1. The molecule has 0 atom stereocenters. The minimum atomic E-state index is 0.808. The largest absolute Gasteiger partial charge is 0.398 e. The van der Waals surface area contributed by atoms with Gasteiger partial charge in [-0.25, -0.2) is 0 Å². The van der Waals surface area contributed by atoms with Crippen LogP contribution in [0.4, 0.5) is 11.4 Å². The summed E-state index contributed by atoms with van der Waals surface area (Å²) in [7, 11) is 0.